The summed E-state index contributed by atoms with van der Waals surface area (Å²) in [5, 5.41) is 0. The Kier molecular flexibility index (Phi) is 4.18. The molecule has 3 heteroatoms. The topological polar surface area (TPSA) is 35.5 Å². The molecule has 2 aromatic carbocycles. The Bertz CT molecular complexity index is 561. The highest BCUT2D eigenvalue weighted by atomic mass is 16.5. The number of esters is 1. The molecule has 0 fully saturated rings. The van der Waals surface area contributed by atoms with E-state index in [2.05, 4.69) is 0 Å². The van der Waals surface area contributed by atoms with Gasteiger partial charge in [-0.15, -0.1) is 0 Å². The Morgan fingerprint density at radius 2 is 1.84 bits per heavy atom. The number of hydrogen-bond donors (Lipinski definition) is 0. The predicted octanol–water partition coefficient (Wildman–Crippen LogP) is 3.50. The van der Waals surface area contributed by atoms with Gasteiger partial charge in [-0.25, -0.2) is 0 Å². The van der Waals surface area contributed by atoms with E-state index in [4.69, 9.17) is 9.47 Å². The zero-order chi connectivity index (χ0) is 13.7. The lowest BCUT2D eigenvalue weighted by Gasteiger charge is -2.11. The molecule has 2 rings (SSSR count). The summed E-state index contributed by atoms with van der Waals surface area (Å²) in [5.41, 5.74) is 1.91. The molecular formula is C16H16O3. The molecule has 0 saturated carbocycles. The second kappa shape index (κ2) is 6.05. The van der Waals surface area contributed by atoms with Crippen molar-refractivity contribution in [3.63, 3.8) is 0 Å². The normalized spacial score (nSPS) is 10.0. The van der Waals surface area contributed by atoms with Crippen molar-refractivity contribution < 1.29 is 14.3 Å². The molecule has 0 saturated heterocycles. The molecule has 0 aromatic heterocycles. The van der Waals surface area contributed by atoms with E-state index in [0.29, 0.717) is 5.75 Å². The summed E-state index contributed by atoms with van der Waals surface area (Å²) in [6, 6.07) is 15.3. The van der Waals surface area contributed by atoms with Crippen molar-refractivity contribution in [1.29, 1.82) is 0 Å². The minimum absolute atomic E-state index is 0.209. The molecule has 0 atom stereocenters. The van der Waals surface area contributed by atoms with E-state index >= 15 is 0 Å². The molecule has 0 unspecified atom stereocenters. The van der Waals surface area contributed by atoms with Gasteiger partial charge >= 0.3 is 5.97 Å². The Morgan fingerprint density at radius 1 is 1.11 bits per heavy atom. The molecule has 19 heavy (non-hydrogen) atoms. The van der Waals surface area contributed by atoms with Gasteiger partial charge in [0.05, 0.1) is 13.5 Å². The molecular weight excluding hydrogens is 240 g/mol. The van der Waals surface area contributed by atoms with Crippen LogP contribution >= 0.6 is 0 Å². The van der Waals surface area contributed by atoms with Crippen LogP contribution in [0.25, 0.3) is 0 Å². The minimum atomic E-state index is -0.275. The summed E-state index contributed by atoms with van der Waals surface area (Å²) < 4.78 is 10.5. The quantitative estimate of drug-likeness (QED) is 0.785. The lowest BCUT2D eigenvalue weighted by molar-refractivity contribution is -0.139. The third-order valence-corrected chi connectivity index (χ3v) is 2.75. The second-order valence-electron chi connectivity index (χ2n) is 4.28. The highest BCUT2D eigenvalue weighted by Gasteiger charge is 2.10. The van der Waals surface area contributed by atoms with Gasteiger partial charge in [-0.3, -0.25) is 4.79 Å². The van der Waals surface area contributed by atoms with Gasteiger partial charge in [0.2, 0.25) is 0 Å². The van der Waals surface area contributed by atoms with Crippen molar-refractivity contribution in [2.24, 2.45) is 0 Å². The van der Waals surface area contributed by atoms with Gasteiger partial charge in [-0.1, -0.05) is 35.9 Å². The Hall–Kier alpha value is -2.29. The maximum Gasteiger partial charge on any atom is 0.310 e. The monoisotopic (exact) mass is 256 g/mol. The van der Waals surface area contributed by atoms with Crippen LogP contribution in [-0.4, -0.2) is 13.1 Å². The summed E-state index contributed by atoms with van der Waals surface area (Å²) in [6.45, 7) is 1.98. The molecule has 0 aliphatic carbocycles. The first-order valence-corrected chi connectivity index (χ1v) is 6.08. The van der Waals surface area contributed by atoms with Crippen LogP contribution in [0.2, 0.25) is 0 Å². The van der Waals surface area contributed by atoms with Gasteiger partial charge in [-0.2, -0.15) is 0 Å². The highest BCUT2D eigenvalue weighted by Crippen LogP contribution is 2.26. The molecule has 98 valence electrons. The van der Waals surface area contributed by atoms with Crippen LogP contribution in [0.1, 0.15) is 11.1 Å². The maximum atomic E-state index is 11.4. The van der Waals surface area contributed by atoms with E-state index in [1.54, 1.807) is 0 Å². The number of benzene rings is 2. The van der Waals surface area contributed by atoms with Gasteiger partial charge in [0.25, 0.3) is 0 Å². The zero-order valence-electron chi connectivity index (χ0n) is 11.1. The molecule has 0 bridgehead atoms. The van der Waals surface area contributed by atoms with Crippen molar-refractivity contribution in [3.8, 4) is 11.5 Å². The van der Waals surface area contributed by atoms with E-state index < -0.39 is 0 Å². The number of aryl methyl sites for hydroxylation is 1. The van der Waals surface area contributed by atoms with Gasteiger partial charge in [0, 0.05) is 5.56 Å². The SMILES string of the molecule is COC(=O)Cc1cc(C)ccc1Oc1ccccc1. The van der Waals surface area contributed by atoms with E-state index in [0.717, 1.165) is 16.9 Å². The molecule has 0 aliphatic heterocycles. The molecule has 0 N–H and O–H groups in total. The molecule has 0 radical (unpaired) electrons. The fourth-order valence-corrected chi connectivity index (χ4v) is 1.79. The molecule has 0 aliphatic rings. The lowest BCUT2D eigenvalue weighted by atomic mass is 10.1. The standard InChI is InChI=1S/C16H16O3/c1-12-8-9-15(13(10-12)11-16(17)18-2)19-14-6-4-3-5-7-14/h3-10H,11H2,1-2H3. The highest BCUT2D eigenvalue weighted by molar-refractivity contribution is 5.73. The zero-order valence-corrected chi connectivity index (χ0v) is 11.1. The molecule has 0 amide bonds. The maximum absolute atomic E-state index is 11.4. The number of para-hydroxylation sites is 1. The van der Waals surface area contributed by atoms with Crippen molar-refractivity contribution in [1.82, 2.24) is 0 Å². The molecule has 3 nitrogen and oxygen atoms in total. The van der Waals surface area contributed by atoms with E-state index in [1.807, 2.05) is 55.5 Å². The Morgan fingerprint density at radius 3 is 2.53 bits per heavy atom. The number of hydrogen-bond acceptors (Lipinski definition) is 3. The largest absolute Gasteiger partial charge is 0.469 e. The molecule has 0 spiro atoms. The van der Waals surface area contributed by atoms with Crippen LogP contribution in [0, 0.1) is 6.92 Å². The fraction of sp³-hybridized carbons (Fsp3) is 0.188. The Balaban J connectivity index is 2.26. The van der Waals surface area contributed by atoms with Crippen molar-refractivity contribution in [3.05, 3.63) is 59.7 Å². The number of rotatable bonds is 4. The van der Waals surface area contributed by atoms with Crippen LogP contribution in [0.3, 0.4) is 0 Å². The lowest BCUT2D eigenvalue weighted by Crippen LogP contribution is -2.06. The van der Waals surface area contributed by atoms with Crippen LogP contribution < -0.4 is 4.74 Å². The van der Waals surface area contributed by atoms with Gasteiger partial charge < -0.3 is 9.47 Å². The average Bonchev–Trinajstić information content (AvgIpc) is 2.43. The van der Waals surface area contributed by atoms with Crippen molar-refractivity contribution >= 4 is 5.97 Å². The Labute approximate surface area is 112 Å². The molecule has 2 aromatic rings. The smallest absolute Gasteiger partial charge is 0.310 e. The van der Waals surface area contributed by atoms with Crippen molar-refractivity contribution in [2.45, 2.75) is 13.3 Å². The van der Waals surface area contributed by atoms with Crippen LogP contribution in [-0.2, 0) is 16.0 Å². The van der Waals surface area contributed by atoms with Gasteiger partial charge in [0.15, 0.2) is 0 Å². The number of ether oxygens (including phenoxy) is 2. The summed E-state index contributed by atoms with van der Waals surface area (Å²) in [5.74, 6) is 1.16. The van der Waals surface area contributed by atoms with Gasteiger partial charge in [-0.05, 0) is 25.1 Å². The van der Waals surface area contributed by atoms with Crippen molar-refractivity contribution in [2.75, 3.05) is 7.11 Å². The van der Waals surface area contributed by atoms with E-state index in [1.165, 1.54) is 7.11 Å². The number of carbonyl (C=O) groups is 1. The van der Waals surface area contributed by atoms with Crippen LogP contribution in [0.5, 0.6) is 11.5 Å². The molecule has 0 heterocycles. The van der Waals surface area contributed by atoms with Crippen LogP contribution in [0.15, 0.2) is 48.5 Å². The third kappa shape index (κ3) is 3.58. The number of methoxy groups -OCH3 is 1. The first-order chi connectivity index (χ1) is 9.19. The minimum Gasteiger partial charge on any atom is -0.469 e. The van der Waals surface area contributed by atoms with Gasteiger partial charge in [0.1, 0.15) is 11.5 Å². The summed E-state index contributed by atoms with van der Waals surface area (Å²) in [6.07, 6.45) is 0.209. The summed E-state index contributed by atoms with van der Waals surface area (Å²) in [4.78, 5) is 11.4. The third-order valence-electron chi connectivity index (χ3n) is 2.75. The fourth-order valence-electron chi connectivity index (χ4n) is 1.79. The second-order valence-corrected chi connectivity index (χ2v) is 4.28. The predicted molar refractivity (Wildman–Crippen MR) is 73.4 cm³/mol. The van der Waals surface area contributed by atoms with E-state index in [-0.39, 0.29) is 12.4 Å². The number of carbonyl (C=O) groups excluding carboxylic acids is 1. The first kappa shape index (κ1) is 13.1. The van der Waals surface area contributed by atoms with E-state index in [9.17, 15) is 4.79 Å². The van der Waals surface area contributed by atoms with Crippen LogP contribution in [0.4, 0.5) is 0 Å². The summed E-state index contributed by atoms with van der Waals surface area (Å²) in [7, 11) is 1.38. The average molecular weight is 256 g/mol. The summed E-state index contributed by atoms with van der Waals surface area (Å²) >= 11 is 0. The first-order valence-electron chi connectivity index (χ1n) is 6.08.